The van der Waals surface area contributed by atoms with Gasteiger partial charge in [0.1, 0.15) is 11.5 Å². The molecule has 2 heterocycles. The summed E-state index contributed by atoms with van der Waals surface area (Å²) < 4.78 is 7.89. The van der Waals surface area contributed by atoms with Crippen molar-refractivity contribution in [3.8, 4) is 23.0 Å². The molecule has 1 aromatic carbocycles. The van der Waals surface area contributed by atoms with Crippen molar-refractivity contribution in [2.75, 3.05) is 7.11 Å². The van der Waals surface area contributed by atoms with E-state index in [-0.39, 0.29) is 34.1 Å². The van der Waals surface area contributed by atoms with Crippen molar-refractivity contribution in [1.82, 2.24) is 9.13 Å². The minimum Gasteiger partial charge on any atom is -0.507 e. The zero-order valence-electron chi connectivity index (χ0n) is 17.4. The predicted molar refractivity (Wildman–Crippen MR) is 112 cm³/mol. The number of rotatable bonds is 4. The summed E-state index contributed by atoms with van der Waals surface area (Å²) in [6, 6.07) is 7.21. The Labute approximate surface area is 172 Å². The third kappa shape index (κ3) is 3.30. The molecular weight excluding hydrogens is 388 g/mol. The summed E-state index contributed by atoms with van der Waals surface area (Å²) in [6.07, 6.45) is 0. The minimum atomic E-state index is -1.10. The van der Waals surface area contributed by atoms with Gasteiger partial charge in [-0.15, -0.1) is 0 Å². The summed E-state index contributed by atoms with van der Waals surface area (Å²) in [5, 5.41) is 31.4. The number of hydrogen-bond donors (Lipinski definition) is 3. The summed E-state index contributed by atoms with van der Waals surface area (Å²) in [6.45, 7) is 3.34. The minimum absolute atomic E-state index is 0.0629. The zero-order chi connectivity index (χ0) is 22.3. The number of benzene rings is 1. The third-order valence-corrected chi connectivity index (χ3v) is 5.49. The van der Waals surface area contributed by atoms with Crippen molar-refractivity contribution in [3.05, 3.63) is 79.1 Å². The molecule has 0 bridgehead atoms. The smallest absolute Gasteiger partial charge is 0.258 e. The number of ether oxygens (including phenoxy) is 1. The van der Waals surface area contributed by atoms with Crippen LogP contribution in [0.4, 0.5) is 0 Å². The van der Waals surface area contributed by atoms with Gasteiger partial charge >= 0.3 is 0 Å². The summed E-state index contributed by atoms with van der Waals surface area (Å²) in [7, 11) is 4.49. The number of aromatic nitrogens is 2. The van der Waals surface area contributed by atoms with E-state index < -0.39 is 17.0 Å². The van der Waals surface area contributed by atoms with Crippen molar-refractivity contribution in [1.29, 1.82) is 0 Å². The van der Waals surface area contributed by atoms with E-state index in [1.807, 2.05) is 0 Å². The van der Waals surface area contributed by atoms with E-state index in [4.69, 9.17) is 4.74 Å². The Kier molecular flexibility index (Phi) is 5.35. The first-order chi connectivity index (χ1) is 14.1. The van der Waals surface area contributed by atoms with Crippen LogP contribution in [0.3, 0.4) is 0 Å². The lowest BCUT2D eigenvalue weighted by molar-refractivity contribution is 0.372. The lowest BCUT2D eigenvalue weighted by Crippen LogP contribution is -2.30. The number of hydrogen-bond acceptors (Lipinski definition) is 6. The first-order valence-corrected chi connectivity index (χ1v) is 9.24. The summed E-state index contributed by atoms with van der Waals surface area (Å²) >= 11 is 0. The molecule has 158 valence electrons. The van der Waals surface area contributed by atoms with Crippen LogP contribution >= 0.6 is 0 Å². The van der Waals surface area contributed by atoms with Gasteiger partial charge in [0.05, 0.1) is 24.2 Å². The van der Waals surface area contributed by atoms with Crippen molar-refractivity contribution in [2.24, 2.45) is 14.1 Å². The summed E-state index contributed by atoms with van der Waals surface area (Å²) in [5.74, 6) is -1.69. The van der Waals surface area contributed by atoms with E-state index in [1.165, 1.54) is 46.6 Å². The number of aromatic hydroxyl groups is 3. The molecule has 0 aliphatic rings. The fourth-order valence-electron chi connectivity index (χ4n) is 3.54. The van der Waals surface area contributed by atoms with E-state index in [1.54, 1.807) is 27.9 Å². The Hall–Kier alpha value is -3.68. The predicted octanol–water partition coefficient (Wildman–Crippen LogP) is 2.01. The highest BCUT2D eigenvalue weighted by molar-refractivity contribution is 5.54. The van der Waals surface area contributed by atoms with Gasteiger partial charge < -0.3 is 29.2 Å². The molecular formula is C22H24N2O6. The third-order valence-electron chi connectivity index (χ3n) is 5.49. The van der Waals surface area contributed by atoms with Gasteiger partial charge in [-0.05, 0) is 43.7 Å². The normalized spacial score (nSPS) is 11.1. The Balaban J connectivity index is 2.48. The fourth-order valence-corrected chi connectivity index (χ4v) is 3.54. The second-order valence-electron chi connectivity index (χ2n) is 7.26. The first-order valence-electron chi connectivity index (χ1n) is 9.24. The molecule has 30 heavy (non-hydrogen) atoms. The standard InChI is InChI=1S/C22H24N2O6/c1-11-8-15(26)19(21(28)23(11)3)18(13-6-7-14(25)17(10-13)30-5)20-16(27)9-12(2)24(4)22(20)29/h6-10,18,25-27H,1-5H3. The molecule has 0 fully saturated rings. The SMILES string of the molecule is COc1cc(C(c2c(O)cc(C)n(C)c2=O)c2c(O)cc(C)n(C)c2=O)ccc1O. The number of pyridine rings is 2. The number of nitrogens with zero attached hydrogens (tertiary/aromatic N) is 2. The van der Waals surface area contributed by atoms with Crippen molar-refractivity contribution in [3.63, 3.8) is 0 Å². The number of methoxy groups -OCH3 is 1. The van der Waals surface area contributed by atoms with E-state index in [2.05, 4.69) is 0 Å². The average molecular weight is 412 g/mol. The van der Waals surface area contributed by atoms with Crippen LogP contribution in [0.15, 0.2) is 39.9 Å². The molecule has 0 saturated carbocycles. The molecule has 0 atom stereocenters. The summed E-state index contributed by atoms with van der Waals surface area (Å²) in [4.78, 5) is 26.3. The molecule has 0 spiro atoms. The molecule has 8 heteroatoms. The Morgan fingerprint density at radius 3 is 1.70 bits per heavy atom. The Morgan fingerprint density at radius 1 is 0.800 bits per heavy atom. The van der Waals surface area contributed by atoms with E-state index >= 15 is 0 Å². The van der Waals surface area contributed by atoms with Crippen LogP contribution in [0.2, 0.25) is 0 Å². The second kappa shape index (κ2) is 7.62. The maximum absolute atomic E-state index is 13.1. The molecule has 0 aliphatic heterocycles. The molecule has 3 N–H and O–H groups in total. The topological polar surface area (TPSA) is 114 Å². The van der Waals surface area contributed by atoms with Crippen molar-refractivity contribution < 1.29 is 20.1 Å². The van der Waals surface area contributed by atoms with Crippen LogP contribution in [-0.2, 0) is 14.1 Å². The Bertz CT molecular complexity index is 1180. The van der Waals surface area contributed by atoms with Gasteiger partial charge in [0.15, 0.2) is 11.5 Å². The Morgan fingerprint density at radius 2 is 1.27 bits per heavy atom. The maximum atomic E-state index is 13.1. The van der Waals surface area contributed by atoms with Crippen LogP contribution in [-0.4, -0.2) is 31.6 Å². The van der Waals surface area contributed by atoms with E-state index in [0.29, 0.717) is 17.0 Å². The van der Waals surface area contributed by atoms with Gasteiger partial charge in [-0.3, -0.25) is 9.59 Å². The highest BCUT2D eigenvalue weighted by Gasteiger charge is 2.31. The number of phenols is 1. The lowest BCUT2D eigenvalue weighted by atomic mass is 9.84. The molecule has 0 amide bonds. The van der Waals surface area contributed by atoms with Crippen LogP contribution in [0.25, 0.3) is 0 Å². The number of phenolic OH excluding ortho intramolecular Hbond substituents is 1. The average Bonchev–Trinajstić information content (AvgIpc) is 2.70. The lowest BCUT2D eigenvalue weighted by Gasteiger charge is -2.22. The van der Waals surface area contributed by atoms with Gasteiger partial charge in [0.2, 0.25) is 0 Å². The molecule has 0 aliphatic carbocycles. The highest BCUT2D eigenvalue weighted by Crippen LogP contribution is 2.40. The quantitative estimate of drug-likeness (QED) is 0.604. The molecule has 0 saturated heterocycles. The van der Waals surface area contributed by atoms with Gasteiger partial charge in [-0.25, -0.2) is 0 Å². The van der Waals surface area contributed by atoms with Gasteiger partial charge in [0, 0.05) is 25.5 Å². The molecule has 8 nitrogen and oxygen atoms in total. The van der Waals surface area contributed by atoms with Gasteiger partial charge in [-0.2, -0.15) is 0 Å². The van der Waals surface area contributed by atoms with Crippen molar-refractivity contribution >= 4 is 0 Å². The van der Waals surface area contributed by atoms with E-state index in [0.717, 1.165) is 0 Å². The molecule has 0 radical (unpaired) electrons. The largest absolute Gasteiger partial charge is 0.507 e. The zero-order valence-corrected chi connectivity index (χ0v) is 17.4. The van der Waals surface area contributed by atoms with Crippen LogP contribution < -0.4 is 15.9 Å². The number of aryl methyl sites for hydroxylation is 2. The monoisotopic (exact) mass is 412 g/mol. The molecule has 2 aromatic heterocycles. The second-order valence-corrected chi connectivity index (χ2v) is 7.26. The highest BCUT2D eigenvalue weighted by atomic mass is 16.5. The van der Waals surface area contributed by atoms with Gasteiger partial charge in [-0.1, -0.05) is 6.07 Å². The fraction of sp³-hybridized carbons (Fsp3) is 0.273. The summed E-state index contributed by atoms with van der Waals surface area (Å²) in [5.41, 5.74) is 0.308. The van der Waals surface area contributed by atoms with E-state index in [9.17, 15) is 24.9 Å². The maximum Gasteiger partial charge on any atom is 0.258 e. The van der Waals surface area contributed by atoms with Crippen LogP contribution in [0.5, 0.6) is 23.0 Å². The molecule has 3 rings (SSSR count). The van der Waals surface area contributed by atoms with Crippen molar-refractivity contribution in [2.45, 2.75) is 19.8 Å². The van der Waals surface area contributed by atoms with Crippen LogP contribution in [0, 0.1) is 13.8 Å². The molecule has 3 aromatic rings. The molecule has 0 unspecified atom stereocenters. The van der Waals surface area contributed by atoms with Crippen LogP contribution in [0.1, 0.15) is 34.0 Å². The van der Waals surface area contributed by atoms with Gasteiger partial charge in [0.25, 0.3) is 11.1 Å². The first kappa shape index (κ1) is 21.0.